The van der Waals surface area contributed by atoms with E-state index >= 15 is 0 Å². The lowest BCUT2D eigenvalue weighted by Crippen LogP contribution is -2.20. The van der Waals surface area contributed by atoms with Crippen molar-refractivity contribution in [2.45, 2.75) is 17.7 Å². The highest BCUT2D eigenvalue weighted by Gasteiger charge is 2.29. The van der Waals surface area contributed by atoms with Gasteiger partial charge in [-0.15, -0.1) is 0 Å². The number of carbonyl (C=O) groups is 2. The van der Waals surface area contributed by atoms with Crippen LogP contribution < -0.4 is 0 Å². The topological polar surface area (TPSA) is 37.4 Å². The Morgan fingerprint density at radius 3 is 2.47 bits per heavy atom. The minimum Gasteiger partial charge on any atom is -0.273 e. The summed E-state index contributed by atoms with van der Waals surface area (Å²) in [5, 5.41) is 0.596. The highest BCUT2D eigenvalue weighted by molar-refractivity contribution is 7.98. The molecule has 1 aliphatic heterocycles. The number of benzene rings is 1. The summed E-state index contributed by atoms with van der Waals surface area (Å²) in [6, 6.07) is 7.08. The van der Waals surface area contributed by atoms with E-state index < -0.39 is 0 Å². The molecular formula is C10H8ClNO2S. The second-order valence-corrected chi connectivity index (χ2v) is 4.59. The van der Waals surface area contributed by atoms with Gasteiger partial charge in [0.05, 0.1) is 0 Å². The van der Waals surface area contributed by atoms with E-state index in [0.717, 1.165) is 16.8 Å². The summed E-state index contributed by atoms with van der Waals surface area (Å²) in [6.07, 6.45) is 0.624. The van der Waals surface area contributed by atoms with Crippen molar-refractivity contribution in [2.75, 3.05) is 0 Å². The fraction of sp³-hybridized carbons (Fsp3) is 0.200. The molecule has 78 valence electrons. The first-order valence-corrected chi connectivity index (χ1v) is 5.61. The number of carbonyl (C=O) groups excluding carboxylic acids is 2. The molecule has 1 saturated heterocycles. The van der Waals surface area contributed by atoms with Gasteiger partial charge in [-0.25, -0.2) is 4.31 Å². The third-order valence-electron chi connectivity index (χ3n) is 2.00. The fourth-order valence-electron chi connectivity index (χ4n) is 1.29. The van der Waals surface area contributed by atoms with Crippen LogP contribution in [0.4, 0.5) is 0 Å². The van der Waals surface area contributed by atoms with Crippen molar-refractivity contribution in [3.8, 4) is 0 Å². The Bertz CT molecular complexity index is 406. The van der Waals surface area contributed by atoms with Gasteiger partial charge in [-0.2, -0.15) is 0 Å². The van der Waals surface area contributed by atoms with E-state index in [1.54, 1.807) is 18.2 Å². The van der Waals surface area contributed by atoms with Gasteiger partial charge in [0.25, 0.3) is 0 Å². The van der Waals surface area contributed by atoms with Crippen LogP contribution in [0.15, 0.2) is 29.2 Å². The van der Waals surface area contributed by atoms with Crippen LogP contribution in [0.2, 0.25) is 5.02 Å². The van der Waals surface area contributed by atoms with E-state index in [9.17, 15) is 9.59 Å². The number of hydrogen-bond acceptors (Lipinski definition) is 3. The average molecular weight is 242 g/mol. The molecule has 1 aliphatic rings. The lowest BCUT2D eigenvalue weighted by molar-refractivity contribution is -0.131. The molecule has 15 heavy (non-hydrogen) atoms. The first-order chi connectivity index (χ1) is 7.16. The molecule has 0 bridgehead atoms. The van der Waals surface area contributed by atoms with Crippen molar-refractivity contribution in [3.63, 3.8) is 0 Å². The van der Waals surface area contributed by atoms with Crippen LogP contribution >= 0.6 is 23.5 Å². The molecule has 0 spiro atoms. The first-order valence-electron chi connectivity index (χ1n) is 4.46. The quantitative estimate of drug-likeness (QED) is 0.590. The Labute approximate surface area is 96.5 Å². The van der Waals surface area contributed by atoms with E-state index in [-0.39, 0.29) is 11.8 Å². The molecule has 3 nitrogen and oxygen atoms in total. The van der Waals surface area contributed by atoms with Crippen molar-refractivity contribution < 1.29 is 9.59 Å². The standard InChI is InChI=1S/C10H8ClNO2S/c11-7-2-1-3-8(6-7)15-12-9(13)4-5-10(12)14/h1-3,6H,4-5H2. The van der Waals surface area contributed by atoms with Gasteiger partial charge in [-0.1, -0.05) is 17.7 Å². The molecule has 0 N–H and O–H groups in total. The Morgan fingerprint density at radius 2 is 1.87 bits per heavy atom. The lowest BCUT2D eigenvalue weighted by atomic mass is 10.4. The molecule has 5 heteroatoms. The molecule has 0 atom stereocenters. The van der Waals surface area contributed by atoms with Gasteiger partial charge in [0.2, 0.25) is 11.8 Å². The zero-order valence-corrected chi connectivity index (χ0v) is 9.35. The van der Waals surface area contributed by atoms with E-state index in [1.165, 1.54) is 4.31 Å². The van der Waals surface area contributed by atoms with E-state index in [4.69, 9.17) is 11.6 Å². The Morgan fingerprint density at radius 1 is 1.20 bits per heavy atom. The summed E-state index contributed by atoms with van der Waals surface area (Å²) >= 11 is 6.93. The largest absolute Gasteiger partial charge is 0.273 e. The second kappa shape index (κ2) is 4.24. The summed E-state index contributed by atoms with van der Waals surface area (Å²) in [6.45, 7) is 0. The number of halogens is 1. The zero-order valence-electron chi connectivity index (χ0n) is 7.77. The van der Waals surface area contributed by atoms with Crippen molar-refractivity contribution in [1.29, 1.82) is 0 Å². The summed E-state index contributed by atoms with van der Waals surface area (Å²) in [5.41, 5.74) is 0. The lowest BCUT2D eigenvalue weighted by Gasteiger charge is -2.11. The Kier molecular flexibility index (Phi) is 2.98. The third-order valence-corrected chi connectivity index (χ3v) is 3.29. The molecule has 0 unspecified atom stereocenters. The Hall–Kier alpha value is -1.00. The maximum absolute atomic E-state index is 11.3. The van der Waals surface area contributed by atoms with Crippen LogP contribution in [0.3, 0.4) is 0 Å². The minimum atomic E-state index is -0.134. The van der Waals surface area contributed by atoms with Gasteiger partial charge in [-0.05, 0) is 30.1 Å². The molecule has 0 radical (unpaired) electrons. The molecule has 0 saturated carbocycles. The first kappa shape index (κ1) is 10.5. The van der Waals surface area contributed by atoms with Crippen molar-refractivity contribution in [1.82, 2.24) is 4.31 Å². The Balaban J connectivity index is 2.15. The van der Waals surface area contributed by atoms with Gasteiger partial charge in [0, 0.05) is 22.8 Å². The summed E-state index contributed by atoms with van der Waals surface area (Å²) < 4.78 is 1.20. The van der Waals surface area contributed by atoms with Crippen LogP contribution in [0, 0.1) is 0 Å². The molecule has 0 aliphatic carbocycles. The van der Waals surface area contributed by atoms with Gasteiger partial charge in [0.1, 0.15) is 0 Å². The molecule has 2 rings (SSSR count). The van der Waals surface area contributed by atoms with Gasteiger partial charge < -0.3 is 0 Å². The highest BCUT2D eigenvalue weighted by Crippen LogP contribution is 2.29. The summed E-state index contributed by atoms with van der Waals surface area (Å²) in [5.74, 6) is -0.269. The van der Waals surface area contributed by atoms with E-state index in [2.05, 4.69) is 0 Å². The maximum atomic E-state index is 11.3. The normalized spacial score (nSPS) is 16.2. The number of rotatable bonds is 2. The molecule has 0 aromatic heterocycles. The van der Waals surface area contributed by atoms with Crippen molar-refractivity contribution >= 4 is 35.4 Å². The molecule has 1 aromatic carbocycles. The minimum absolute atomic E-state index is 0.134. The number of amides is 2. The van der Waals surface area contributed by atoms with Crippen LogP contribution in [0.25, 0.3) is 0 Å². The molecule has 1 heterocycles. The van der Waals surface area contributed by atoms with Gasteiger partial charge in [0.15, 0.2) is 0 Å². The van der Waals surface area contributed by atoms with E-state index in [1.807, 2.05) is 6.07 Å². The number of nitrogens with zero attached hydrogens (tertiary/aromatic N) is 1. The fourth-order valence-corrected chi connectivity index (χ4v) is 2.46. The number of imide groups is 1. The molecule has 1 aromatic rings. The van der Waals surface area contributed by atoms with Gasteiger partial charge >= 0.3 is 0 Å². The average Bonchev–Trinajstić information content (AvgIpc) is 2.50. The highest BCUT2D eigenvalue weighted by atomic mass is 35.5. The smallest absolute Gasteiger partial charge is 0.240 e. The van der Waals surface area contributed by atoms with Crippen LogP contribution in [-0.2, 0) is 9.59 Å². The summed E-state index contributed by atoms with van der Waals surface area (Å²) in [4.78, 5) is 23.4. The SMILES string of the molecule is O=C1CCC(=O)N1Sc1cccc(Cl)c1. The maximum Gasteiger partial charge on any atom is 0.240 e. The zero-order chi connectivity index (χ0) is 10.8. The van der Waals surface area contributed by atoms with Crippen molar-refractivity contribution in [3.05, 3.63) is 29.3 Å². The monoisotopic (exact) mass is 241 g/mol. The van der Waals surface area contributed by atoms with Crippen LogP contribution in [-0.4, -0.2) is 16.1 Å². The van der Waals surface area contributed by atoms with Crippen LogP contribution in [0.5, 0.6) is 0 Å². The summed E-state index contributed by atoms with van der Waals surface area (Å²) in [7, 11) is 0. The van der Waals surface area contributed by atoms with Gasteiger partial charge in [-0.3, -0.25) is 9.59 Å². The molecule has 1 fully saturated rings. The number of hydrogen-bond donors (Lipinski definition) is 0. The van der Waals surface area contributed by atoms with Crippen molar-refractivity contribution in [2.24, 2.45) is 0 Å². The molecule has 2 amide bonds. The predicted octanol–water partition coefficient (Wildman–Crippen LogP) is 2.50. The molecular weight excluding hydrogens is 234 g/mol. The second-order valence-electron chi connectivity index (χ2n) is 3.13. The predicted molar refractivity (Wildman–Crippen MR) is 58.4 cm³/mol. The van der Waals surface area contributed by atoms with Crippen LogP contribution in [0.1, 0.15) is 12.8 Å². The third kappa shape index (κ3) is 2.33. The van der Waals surface area contributed by atoms with E-state index in [0.29, 0.717) is 17.9 Å².